The van der Waals surface area contributed by atoms with Crippen LogP contribution in [0.5, 0.6) is 0 Å². The van der Waals surface area contributed by atoms with Gasteiger partial charge in [-0.15, -0.1) is 0 Å². The van der Waals surface area contributed by atoms with E-state index in [1.165, 1.54) is 4.90 Å². The quantitative estimate of drug-likeness (QED) is 0.438. The molecule has 7 heteroatoms. The van der Waals surface area contributed by atoms with Crippen LogP contribution in [0.3, 0.4) is 0 Å². The summed E-state index contributed by atoms with van der Waals surface area (Å²) in [5.41, 5.74) is 2.05. The van der Waals surface area contributed by atoms with Crippen molar-refractivity contribution in [3.05, 3.63) is 65.7 Å². The van der Waals surface area contributed by atoms with E-state index in [0.717, 1.165) is 42.5 Å². The average molecular weight is 435 g/mol. The molecule has 168 valence electrons. The normalized spacial score (nSPS) is 18.1. The van der Waals surface area contributed by atoms with Crippen LogP contribution < -0.4 is 16.0 Å². The highest BCUT2D eigenvalue weighted by Gasteiger charge is 2.51. The number of carbonyl (C=O) groups is 3. The minimum absolute atomic E-state index is 0.100. The molecule has 4 amide bonds. The van der Waals surface area contributed by atoms with E-state index < -0.39 is 11.6 Å². The number of carbonyl (C=O) groups excluding carboxylic acids is 3. The Kier molecular flexibility index (Phi) is 6.55. The van der Waals surface area contributed by atoms with Crippen LogP contribution >= 0.6 is 0 Å². The van der Waals surface area contributed by atoms with E-state index in [2.05, 4.69) is 16.0 Å². The molecule has 0 aromatic heterocycles. The fraction of sp³-hybridized carbons (Fsp3) is 0.400. The minimum atomic E-state index is -0.676. The number of imide groups is 1. The summed E-state index contributed by atoms with van der Waals surface area (Å²) >= 11 is 0. The number of benzene rings is 2. The van der Waals surface area contributed by atoms with Crippen LogP contribution in [0.25, 0.3) is 0 Å². The van der Waals surface area contributed by atoms with Crippen molar-refractivity contribution in [3.63, 3.8) is 0 Å². The zero-order chi connectivity index (χ0) is 22.6. The highest BCUT2D eigenvalue weighted by molar-refractivity contribution is 6.07. The fourth-order valence-electron chi connectivity index (χ4n) is 4.54. The van der Waals surface area contributed by atoms with E-state index in [1.807, 2.05) is 61.5 Å². The van der Waals surface area contributed by atoms with Crippen LogP contribution in [0.15, 0.2) is 54.6 Å². The Morgan fingerprint density at radius 3 is 2.44 bits per heavy atom. The standard InChI is InChI=1S/C25H30N4O3/c1-18-10-12-20(13-11-18)27-22(30)21(19-8-3-2-4-9-19)26-16-7-17-29-23(31)25(28-24(29)32)14-5-6-15-25/h2-4,8-13,21,26H,5-7,14-17H2,1H3,(H,27,30)(H,28,32). The molecule has 7 nitrogen and oxygen atoms in total. The molecule has 2 aliphatic rings. The van der Waals surface area contributed by atoms with Crippen molar-refractivity contribution in [2.45, 2.75) is 50.6 Å². The fourth-order valence-corrected chi connectivity index (χ4v) is 4.54. The van der Waals surface area contributed by atoms with E-state index in [-0.39, 0.29) is 17.8 Å². The van der Waals surface area contributed by atoms with Crippen LogP contribution in [-0.4, -0.2) is 41.4 Å². The molecule has 1 spiro atoms. The number of urea groups is 1. The molecule has 1 saturated carbocycles. The van der Waals surface area contributed by atoms with Crippen LogP contribution in [0, 0.1) is 6.92 Å². The first kappa shape index (κ1) is 22.0. The van der Waals surface area contributed by atoms with Gasteiger partial charge in [-0.1, -0.05) is 60.9 Å². The molecule has 1 unspecified atom stereocenters. The average Bonchev–Trinajstić information content (AvgIpc) is 3.35. The predicted molar refractivity (Wildman–Crippen MR) is 123 cm³/mol. The summed E-state index contributed by atoms with van der Waals surface area (Å²) in [5.74, 6) is -0.253. The highest BCUT2D eigenvalue weighted by Crippen LogP contribution is 2.35. The van der Waals surface area contributed by atoms with Gasteiger partial charge in [-0.2, -0.15) is 0 Å². The first-order valence-corrected chi connectivity index (χ1v) is 11.3. The Hall–Kier alpha value is -3.19. The molecular weight excluding hydrogens is 404 g/mol. The van der Waals surface area contributed by atoms with Crippen molar-refractivity contribution in [2.75, 3.05) is 18.4 Å². The zero-order valence-corrected chi connectivity index (χ0v) is 18.4. The third-order valence-electron chi connectivity index (χ3n) is 6.32. The van der Waals surface area contributed by atoms with Gasteiger partial charge in [-0.3, -0.25) is 14.5 Å². The lowest BCUT2D eigenvalue weighted by molar-refractivity contribution is -0.131. The van der Waals surface area contributed by atoms with Crippen molar-refractivity contribution in [3.8, 4) is 0 Å². The molecule has 4 rings (SSSR count). The Morgan fingerprint density at radius 2 is 1.75 bits per heavy atom. The van der Waals surface area contributed by atoms with Gasteiger partial charge in [0.1, 0.15) is 11.6 Å². The first-order chi connectivity index (χ1) is 15.5. The summed E-state index contributed by atoms with van der Waals surface area (Å²) in [6.07, 6.45) is 3.95. The first-order valence-electron chi connectivity index (χ1n) is 11.3. The topological polar surface area (TPSA) is 90.5 Å². The molecule has 2 aromatic rings. The van der Waals surface area contributed by atoms with Crippen molar-refractivity contribution in [1.82, 2.24) is 15.5 Å². The third-order valence-corrected chi connectivity index (χ3v) is 6.32. The molecule has 2 fully saturated rings. The van der Waals surface area contributed by atoms with Crippen molar-refractivity contribution in [1.29, 1.82) is 0 Å². The number of amides is 4. The number of anilines is 1. The third kappa shape index (κ3) is 4.67. The predicted octanol–water partition coefficient (Wildman–Crippen LogP) is 3.52. The maximum Gasteiger partial charge on any atom is 0.325 e. The molecule has 3 N–H and O–H groups in total. The lowest BCUT2D eigenvalue weighted by Gasteiger charge is -2.21. The second-order valence-corrected chi connectivity index (χ2v) is 8.68. The molecule has 0 bridgehead atoms. The van der Waals surface area contributed by atoms with Crippen molar-refractivity contribution in [2.24, 2.45) is 0 Å². The molecule has 1 saturated heterocycles. The smallest absolute Gasteiger partial charge is 0.324 e. The largest absolute Gasteiger partial charge is 0.325 e. The van der Waals surface area contributed by atoms with Gasteiger partial charge in [0.25, 0.3) is 5.91 Å². The van der Waals surface area contributed by atoms with E-state index in [0.29, 0.717) is 19.5 Å². The van der Waals surface area contributed by atoms with Gasteiger partial charge in [0.2, 0.25) is 5.91 Å². The Bertz CT molecular complexity index is 968. The minimum Gasteiger partial charge on any atom is -0.324 e. The van der Waals surface area contributed by atoms with Crippen LogP contribution in [0.1, 0.15) is 49.3 Å². The number of rotatable bonds is 8. The molecule has 2 aromatic carbocycles. The molecule has 32 heavy (non-hydrogen) atoms. The number of aryl methyl sites for hydroxylation is 1. The summed E-state index contributed by atoms with van der Waals surface area (Å²) in [6, 6.07) is 16.4. The highest BCUT2D eigenvalue weighted by atomic mass is 16.2. The molecule has 0 radical (unpaired) electrons. The van der Waals surface area contributed by atoms with E-state index in [1.54, 1.807) is 0 Å². The monoisotopic (exact) mass is 434 g/mol. The van der Waals surface area contributed by atoms with Crippen LogP contribution in [0.4, 0.5) is 10.5 Å². The van der Waals surface area contributed by atoms with Gasteiger partial charge < -0.3 is 16.0 Å². The van der Waals surface area contributed by atoms with Crippen molar-refractivity contribution >= 4 is 23.5 Å². The number of nitrogens with zero attached hydrogens (tertiary/aromatic N) is 1. The Balaban J connectivity index is 1.35. The summed E-state index contributed by atoms with van der Waals surface area (Å²) in [6.45, 7) is 2.82. The van der Waals surface area contributed by atoms with E-state index in [9.17, 15) is 14.4 Å². The zero-order valence-electron chi connectivity index (χ0n) is 18.4. The van der Waals surface area contributed by atoms with Gasteiger partial charge in [0.15, 0.2) is 0 Å². The molecule has 1 aliphatic carbocycles. The van der Waals surface area contributed by atoms with Crippen LogP contribution in [-0.2, 0) is 9.59 Å². The lowest BCUT2D eigenvalue weighted by Crippen LogP contribution is -2.44. The van der Waals surface area contributed by atoms with E-state index >= 15 is 0 Å². The van der Waals surface area contributed by atoms with Crippen molar-refractivity contribution < 1.29 is 14.4 Å². The summed E-state index contributed by atoms with van der Waals surface area (Å²) in [5, 5.41) is 9.17. The lowest BCUT2D eigenvalue weighted by atomic mass is 9.98. The summed E-state index contributed by atoms with van der Waals surface area (Å²) < 4.78 is 0. The van der Waals surface area contributed by atoms with Crippen LogP contribution in [0.2, 0.25) is 0 Å². The second kappa shape index (κ2) is 9.53. The Labute approximate surface area is 188 Å². The van der Waals surface area contributed by atoms with Gasteiger partial charge in [0.05, 0.1) is 0 Å². The Morgan fingerprint density at radius 1 is 1.06 bits per heavy atom. The summed E-state index contributed by atoms with van der Waals surface area (Å²) in [4.78, 5) is 39.5. The SMILES string of the molecule is Cc1ccc(NC(=O)C(NCCCN2C(=O)NC3(CCCC3)C2=O)c2ccccc2)cc1. The second-order valence-electron chi connectivity index (χ2n) is 8.68. The molecule has 1 atom stereocenters. The summed E-state index contributed by atoms with van der Waals surface area (Å²) in [7, 11) is 0. The van der Waals surface area contributed by atoms with E-state index in [4.69, 9.17) is 0 Å². The molecular formula is C25H30N4O3. The van der Waals surface area contributed by atoms with Gasteiger partial charge in [0, 0.05) is 12.2 Å². The van der Waals surface area contributed by atoms with Gasteiger partial charge >= 0.3 is 6.03 Å². The number of hydrogen-bond donors (Lipinski definition) is 3. The van der Waals surface area contributed by atoms with Gasteiger partial charge in [-0.25, -0.2) is 4.79 Å². The number of hydrogen-bond acceptors (Lipinski definition) is 4. The number of nitrogens with one attached hydrogen (secondary N) is 3. The maximum absolute atomic E-state index is 13.0. The maximum atomic E-state index is 13.0. The van der Waals surface area contributed by atoms with Gasteiger partial charge in [-0.05, 0) is 50.4 Å². The molecule has 1 aliphatic heterocycles. The molecule has 1 heterocycles.